The molecule has 1 rings (SSSR count). The van der Waals surface area contributed by atoms with Crippen LogP contribution in [0, 0.1) is 5.41 Å². The number of aromatic nitrogens is 2. The third-order valence-electron chi connectivity index (χ3n) is 3.34. The Kier molecular flexibility index (Phi) is 5.07. The molecule has 0 amide bonds. The number of aliphatic carboxylic acids is 1. The lowest BCUT2D eigenvalue weighted by Crippen LogP contribution is -2.36. The van der Waals surface area contributed by atoms with Crippen molar-refractivity contribution in [2.45, 2.75) is 46.5 Å². The summed E-state index contributed by atoms with van der Waals surface area (Å²) in [6, 6.07) is 0. The first kappa shape index (κ1) is 14.9. The number of hydrogen-bond acceptors (Lipinski definition) is 5. The molecule has 5 nitrogen and oxygen atoms in total. The lowest BCUT2D eigenvalue weighted by molar-refractivity contribution is -0.148. The van der Waals surface area contributed by atoms with Crippen LogP contribution >= 0.6 is 11.5 Å². The first-order valence-corrected chi connectivity index (χ1v) is 7.03. The molecule has 0 fully saturated rings. The Labute approximate surface area is 112 Å². The van der Waals surface area contributed by atoms with Gasteiger partial charge in [-0.1, -0.05) is 27.7 Å². The Morgan fingerprint density at radius 1 is 1.44 bits per heavy atom. The summed E-state index contributed by atoms with van der Waals surface area (Å²) in [6.07, 6.45) is 1.20. The second-order valence-corrected chi connectivity index (χ2v) is 5.51. The van der Waals surface area contributed by atoms with E-state index in [1.54, 1.807) is 0 Å². The molecule has 0 saturated heterocycles. The fraction of sp³-hybridized carbons (Fsp3) is 0.750. The Morgan fingerprint density at radius 2 is 2.06 bits per heavy atom. The van der Waals surface area contributed by atoms with E-state index in [0.29, 0.717) is 30.4 Å². The van der Waals surface area contributed by atoms with Gasteiger partial charge in [0.2, 0.25) is 5.13 Å². The average Bonchev–Trinajstić information content (AvgIpc) is 2.79. The number of anilines is 1. The Hall–Kier alpha value is -1.17. The summed E-state index contributed by atoms with van der Waals surface area (Å²) in [7, 11) is 0. The predicted molar refractivity (Wildman–Crippen MR) is 73.1 cm³/mol. The second-order valence-electron chi connectivity index (χ2n) is 4.76. The number of carboxylic acid groups (broad SMARTS) is 1. The van der Waals surface area contributed by atoms with Gasteiger partial charge < -0.3 is 10.4 Å². The van der Waals surface area contributed by atoms with E-state index in [-0.39, 0.29) is 0 Å². The van der Waals surface area contributed by atoms with E-state index in [4.69, 9.17) is 0 Å². The molecule has 18 heavy (non-hydrogen) atoms. The molecule has 0 aliphatic heterocycles. The van der Waals surface area contributed by atoms with Crippen molar-refractivity contribution in [3.63, 3.8) is 0 Å². The van der Waals surface area contributed by atoms with Crippen LogP contribution < -0.4 is 5.32 Å². The predicted octanol–water partition coefficient (Wildman–Crippen LogP) is 2.96. The van der Waals surface area contributed by atoms with Crippen LogP contribution in [0.5, 0.6) is 0 Å². The Balaban J connectivity index is 2.70. The minimum Gasteiger partial charge on any atom is -0.481 e. The normalized spacial score (nSPS) is 11.8. The van der Waals surface area contributed by atoms with Crippen LogP contribution in [0.2, 0.25) is 0 Å². The van der Waals surface area contributed by atoms with Crippen LogP contribution in [0.15, 0.2) is 0 Å². The molecule has 0 aliphatic rings. The Morgan fingerprint density at radius 3 is 2.44 bits per heavy atom. The fourth-order valence-corrected chi connectivity index (χ4v) is 2.37. The molecule has 0 aliphatic carbocycles. The smallest absolute Gasteiger partial charge is 0.311 e. The van der Waals surface area contributed by atoms with Crippen molar-refractivity contribution >= 4 is 22.6 Å². The third kappa shape index (κ3) is 3.19. The van der Waals surface area contributed by atoms with E-state index in [1.165, 1.54) is 11.5 Å². The number of rotatable bonds is 7. The number of carbonyl (C=O) groups is 1. The second kappa shape index (κ2) is 6.13. The van der Waals surface area contributed by atoms with Gasteiger partial charge in [-0.25, -0.2) is 4.98 Å². The molecule has 0 atom stereocenters. The summed E-state index contributed by atoms with van der Waals surface area (Å²) in [5, 5.41) is 13.1. The van der Waals surface area contributed by atoms with Gasteiger partial charge in [0.25, 0.3) is 0 Å². The molecule has 0 spiro atoms. The third-order valence-corrected chi connectivity index (χ3v) is 4.03. The monoisotopic (exact) mass is 271 g/mol. The Bertz CT molecular complexity index is 400. The molecule has 0 aromatic carbocycles. The van der Waals surface area contributed by atoms with Crippen LogP contribution in [0.1, 0.15) is 52.3 Å². The average molecular weight is 271 g/mol. The van der Waals surface area contributed by atoms with Crippen molar-refractivity contribution in [2.24, 2.45) is 5.41 Å². The standard InChI is InChI=1S/C12H21N3O2S/c1-5-12(6-2,10(16)17)7-13-11-14-9(8(3)4)15-18-11/h8H,5-7H2,1-4H3,(H,16,17)(H,13,14,15). The van der Waals surface area contributed by atoms with Gasteiger partial charge in [-0.3, -0.25) is 4.79 Å². The van der Waals surface area contributed by atoms with E-state index in [2.05, 4.69) is 14.7 Å². The zero-order valence-corrected chi connectivity index (χ0v) is 12.2. The maximum atomic E-state index is 11.3. The van der Waals surface area contributed by atoms with Gasteiger partial charge in [0, 0.05) is 24.0 Å². The van der Waals surface area contributed by atoms with E-state index in [1.807, 2.05) is 27.7 Å². The highest BCUT2D eigenvalue weighted by atomic mass is 32.1. The van der Waals surface area contributed by atoms with Crippen LogP contribution in [-0.4, -0.2) is 27.0 Å². The van der Waals surface area contributed by atoms with Crippen molar-refractivity contribution in [1.29, 1.82) is 0 Å². The van der Waals surface area contributed by atoms with Crippen molar-refractivity contribution in [3.05, 3.63) is 5.82 Å². The highest BCUT2D eigenvalue weighted by Crippen LogP contribution is 2.28. The summed E-state index contributed by atoms with van der Waals surface area (Å²) in [5.41, 5.74) is -0.719. The van der Waals surface area contributed by atoms with E-state index < -0.39 is 11.4 Å². The van der Waals surface area contributed by atoms with Gasteiger partial charge >= 0.3 is 5.97 Å². The topological polar surface area (TPSA) is 75.1 Å². The van der Waals surface area contributed by atoms with Crippen LogP contribution in [0.4, 0.5) is 5.13 Å². The first-order chi connectivity index (χ1) is 8.45. The number of nitrogens with one attached hydrogen (secondary N) is 1. The van der Waals surface area contributed by atoms with Crippen LogP contribution in [0.25, 0.3) is 0 Å². The number of carboxylic acids is 1. The summed E-state index contributed by atoms with van der Waals surface area (Å²) < 4.78 is 4.23. The molecule has 0 radical (unpaired) electrons. The molecule has 0 saturated carbocycles. The summed E-state index contributed by atoms with van der Waals surface area (Å²) in [5.74, 6) is 0.336. The lowest BCUT2D eigenvalue weighted by Gasteiger charge is -2.26. The molecule has 2 N–H and O–H groups in total. The minimum absolute atomic E-state index is 0.290. The van der Waals surface area contributed by atoms with Gasteiger partial charge in [-0.2, -0.15) is 4.37 Å². The van der Waals surface area contributed by atoms with Crippen molar-refractivity contribution in [2.75, 3.05) is 11.9 Å². The van der Waals surface area contributed by atoms with Crippen LogP contribution in [-0.2, 0) is 4.79 Å². The van der Waals surface area contributed by atoms with Crippen LogP contribution in [0.3, 0.4) is 0 Å². The zero-order chi connectivity index (χ0) is 13.8. The van der Waals surface area contributed by atoms with Gasteiger partial charge in [-0.05, 0) is 12.8 Å². The molecule has 1 heterocycles. The quantitative estimate of drug-likeness (QED) is 0.797. The largest absolute Gasteiger partial charge is 0.481 e. The van der Waals surface area contributed by atoms with Gasteiger partial charge in [0.05, 0.1) is 5.41 Å². The summed E-state index contributed by atoms with van der Waals surface area (Å²) in [6.45, 7) is 8.26. The molecule has 1 aromatic rings. The molecule has 6 heteroatoms. The lowest BCUT2D eigenvalue weighted by atomic mass is 9.82. The van der Waals surface area contributed by atoms with E-state index >= 15 is 0 Å². The van der Waals surface area contributed by atoms with Crippen molar-refractivity contribution < 1.29 is 9.90 Å². The SMILES string of the molecule is CCC(CC)(CNc1nc(C(C)C)ns1)C(=O)O. The first-order valence-electron chi connectivity index (χ1n) is 6.26. The highest BCUT2D eigenvalue weighted by Gasteiger charge is 2.34. The van der Waals surface area contributed by atoms with E-state index in [9.17, 15) is 9.90 Å². The fourth-order valence-electron chi connectivity index (χ4n) is 1.66. The van der Waals surface area contributed by atoms with Crippen molar-refractivity contribution in [1.82, 2.24) is 9.36 Å². The number of hydrogen-bond donors (Lipinski definition) is 2. The maximum absolute atomic E-state index is 11.3. The molecular formula is C12H21N3O2S. The number of nitrogens with zero attached hydrogens (tertiary/aromatic N) is 2. The molecular weight excluding hydrogens is 250 g/mol. The molecule has 0 bridgehead atoms. The molecule has 102 valence electrons. The van der Waals surface area contributed by atoms with Gasteiger partial charge in [0.1, 0.15) is 5.82 Å². The molecule has 0 unspecified atom stereocenters. The van der Waals surface area contributed by atoms with Crippen molar-refractivity contribution in [3.8, 4) is 0 Å². The molecule has 1 aromatic heterocycles. The van der Waals surface area contributed by atoms with E-state index in [0.717, 1.165) is 5.82 Å². The zero-order valence-electron chi connectivity index (χ0n) is 11.4. The van der Waals surface area contributed by atoms with Gasteiger partial charge in [-0.15, -0.1) is 0 Å². The minimum atomic E-state index is -0.756. The van der Waals surface area contributed by atoms with Gasteiger partial charge in [0.15, 0.2) is 0 Å². The summed E-state index contributed by atoms with van der Waals surface area (Å²) in [4.78, 5) is 15.7. The summed E-state index contributed by atoms with van der Waals surface area (Å²) >= 11 is 1.29. The maximum Gasteiger partial charge on any atom is 0.311 e. The highest BCUT2D eigenvalue weighted by molar-refractivity contribution is 7.09.